The smallest absolute Gasteiger partial charge is 0.194 e. The minimum atomic E-state index is -1.45. The van der Waals surface area contributed by atoms with Crippen LogP contribution in [0.15, 0.2) is 73.3 Å². The number of nitrogens with zero attached hydrogens (tertiary/aromatic N) is 3. The lowest BCUT2D eigenvalue weighted by molar-refractivity contribution is 0.413. The number of halogens is 3. The Bertz CT molecular complexity index is 1510. The maximum absolute atomic E-state index is 14.0. The summed E-state index contributed by atoms with van der Waals surface area (Å²) in [6.07, 6.45) is 6.16. The minimum Gasteiger partial charge on any atom is -0.495 e. The van der Waals surface area contributed by atoms with Gasteiger partial charge in [0.15, 0.2) is 17.5 Å². The zero-order valence-corrected chi connectivity index (χ0v) is 19.6. The Morgan fingerprint density at radius 3 is 2.43 bits per heavy atom. The predicted octanol–water partition coefficient (Wildman–Crippen LogP) is 7.23. The molecule has 2 aromatic heterocycles. The van der Waals surface area contributed by atoms with Crippen molar-refractivity contribution < 1.29 is 17.9 Å². The summed E-state index contributed by atoms with van der Waals surface area (Å²) >= 11 is 0. The minimum absolute atomic E-state index is 0.353. The van der Waals surface area contributed by atoms with Gasteiger partial charge in [0.2, 0.25) is 0 Å². The first-order valence-electron chi connectivity index (χ1n) is 11.3. The highest BCUT2D eigenvalue weighted by Gasteiger charge is 2.20. The Labute approximate surface area is 201 Å². The van der Waals surface area contributed by atoms with Gasteiger partial charge in [-0.05, 0) is 66.4 Å². The van der Waals surface area contributed by atoms with Gasteiger partial charge in [-0.2, -0.15) is 0 Å². The van der Waals surface area contributed by atoms with Crippen LogP contribution >= 0.6 is 0 Å². The van der Waals surface area contributed by atoms with Crippen molar-refractivity contribution in [2.45, 2.75) is 26.3 Å². The highest BCUT2D eigenvalue weighted by Crippen LogP contribution is 2.36. The molecule has 0 saturated heterocycles. The van der Waals surface area contributed by atoms with Crippen LogP contribution in [0.25, 0.3) is 27.7 Å². The molecule has 0 spiro atoms. The number of rotatable bonds is 6. The largest absolute Gasteiger partial charge is 0.495 e. The van der Waals surface area contributed by atoms with E-state index in [2.05, 4.69) is 4.98 Å². The molecule has 3 aromatic carbocycles. The van der Waals surface area contributed by atoms with E-state index in [1.54, 1.807) is 13.4 Å². The molecule has 4 nitrogen and oxygen atoms in total. The molecule has 0 N–H and O–H groups in total. The van der Waals surface area contributed by atoms with Gasteiger partial charge in [-0.1, -0.05) is 25.1 Å². The molecule has 5 rings (SSSR count). The van der Waals surface area contributed by atoms with Crippen molar-refractivity contribution in [2.24, 2.45) is 0 Å². The Kier molecular flexibility index (Phi) is 5.84. The fourth-order valence-corrected chi connectivity index (χ4v) is 4.68. The highest BCUT2D eigenvalue weighted by molar-refractivity contribution is 5.96. The maximum Gasteiger partial charge on any atom is 0.194 e. The Morgan fingerprint density at radius 1 is 1.00 bits per heavy atom. The van der Waals surface area contributed by atoms with Crippen molar-refractivity contribution in [1.82, 2.24) is 14.1 Å². The first-order valence-corrected chi connectivity index (χ1v) is 11.3. The molecule has 5 aromatic rings. The number of ether oxygens (including phenoxy) is 1. The monoisotopic (exact) mass is 475 g/mol. The summed E-state index contributed by atoms with van der Waals surface area (Å²) in [5.41, 5.74) is 5.06. The molecule has 178 valence electrons. The zero-order chi connectivity index (χ0) is 24.7. The van der Waals surface area contributed by atoms with Crippen molar-refractivity contribution in [2.75, 3.05) is 7.11 Å². The Balaban J connectivity index is 1.60. The second-order valence-corrected chi connectivity index (χ2v) is 8.49. The number of aromatic nitrogens is 3. The molecular weight excluding hydrogens is 451 g/mol. The molecule has 1 atom stereocenters. The molecule has 0 radical (unpaired) electrons. The van der Waals surface area contributed by atoms with Gasteiger partial charge in [-0.3, -0.25) is 0 Å². The van der Waals surface area contributed by atoms with Crippen LogP contribution < -0.4 is 4.74 Å². The summed E-state index contributed by atoms with van der Waals surface area (Å²) in [5.74, 6) is -3.11. The van der Waals surface area contributed by atoms with Crippen molar-refractivity contribution in [3.8, 4) is 22.6 Å². The first-order chi connectivity index (χ1) is 16.9. The fourth-order valence-electron chi connectivity index (χ4n) is 4.68. The molecule has 0 saturated carbocycles. The molecule has 35 heavy (non-hydrogen) atoms. The average Bonchev–Trinajstić information content (AvgIpc) is 3.49. The lowest BCUT2D eigenvalue weighted by Crippen LogP contribution is -2.10. The summed E-state index contributed by atoms with van der Waals surface area (Å²) in [6, 6.07) is 15.7. The third kappa shape index (κ3) is 3.97. The number of hydrogen-bond acceptors (Lipinski definition) is 2. The second-order valence-electron chi connectivity index (χ2n) is 8.49. The van der Waals surface area contributed by atoms with Gasteiger partial charge in [0, 0.05) is 23.3 Å². The van der Waals surface area contributed by atoms with Crippen LogP contribution in [0.3, 0.4) is 0 Å². The Hall–Kier alpha value is -4.00. The van der Waals surface area contributed by atoms with Crippen LogP contribution in [0.2, 0.25) is 0 Å². The van der Waals surface area contributed by atoms with Crippen LogP contribution in [-0.4, -0.2) is 21.2 Å². The maximum atomic E-state index is 14.0. The third-order valence-electron chi connectivity index (χ3n) is 6.36. The van der Waals surface area contributed by atoms with Crippen LogP contribution in [0.1, 0.15) is 30.6 Å². The van der Waals surface area contributed by atoms with Gasteiger partial charge >= 0.3 is 0 Å². The van der Waals surface area contributed by atoms with E-state index in [1.165, 1.54) is 0 Å². The van der Waals surface area contributed by atoms with E-state index in [1.807, 2.05) is 77.8 Å². The van der Waals surface area contributed by atoms with E-state index in [4.69, 9.17) is 4.74 Å². The van der Waals surface area contributed by atoms with E-state index >= 15 is 0 Å². The van der Waals surface area contributed by atoms with Gasteiger partial charge < -0.3 is 13.9 Å². The topological polar surface area (TPSA) is 32.0 Å². The normalized spacial score (nSPS) is 12.3. The fraction of sp³-hybridized carbons (Fsp3) is 0.179. The predicted molar refractivity (Wildman–Crippen MR) is 131 cm³/mol. The van der Waals surface area contributed by atoms with Crippen molar-refractivity contribution in [3.05, 3.63) is 102 Å². The van der Waals surface area contributed by atoms with E-state index < -0.39 is 17.5 Å². The van der Waals surface area contributed by atoms with E-state index in [-0.39, 0.29) is 6.04 Å². The summed E-state index contributed by atoms with van der Waals surface area (Å²) in [5, 5.41) is 0.988. The molecule has 0 fully saturated rings. The standard InChI is InChI=1S/C28H24F3N3O/c1-4-24(19-12-22(29)28(31)23(30)13-19)34-11-10-21-20(6-5-7-25(21)34)18-8-9-26(27(14-18)35-3)33-15-17(2)32-16-33/h5-16,24H,4H2,1-3H3. The second kappa shape index (κ2) is 8.98. The molecule has 0 aliphatic rings. The first kappa shape index (κ1) is 22.8. The number of methoxy groups -OCH3 is 1. The summed E-state index contributed by atoms with van der Waals surface area (Å²) in [4.78, 5) is 4.29. The average molecular weight is 476 g/mol. The summed E-state index contributed by atoms with van der Waals surface area (Å²) < 4.78 is 51.0. The molecule has 2 heterocycles. The SMILES string of the molecule is CCC(c1cc(F)c(F)c(F)c1)n1ccc2c(-c3ccc(-n4cnc(C)c4)c(OC)c3)cccc21. The van der Waals surface area contributed by atoms with Crippen LogP contribution in [-0.2, 0) is 0 Å². The number of benzene rings is 3. The van der Waals surface area contributed by atoms with E-state index in [0.29, 0.717) is 17.7 Å². The molecule has 1 unspecified atom stereocenters. The van der Waals surface area contributed by atoms with E-state index in [0.717, 1.165) is 45.5 Å². The van der Waals surface area contributed by atoms with Crippen LogP contribution in [0, 0.1) is 24.4 Å². The molecular formula is C28H24F3N3O. The third-order valence-corrected chi connectivity index (χ3v) is 6.36. The molecule has 0 aliphatic heterocycles. The molecule has 7 heteroatoms. The van der Waals surface area contributed by atoms with Gasteiger partial charge in [-0.15, -0.1) is 0 Å². The molecule has 0 amide bonds. The number of imidazole rings is 1. The van der Waals surface area contributed by atoms with E-state index in [9.17, 15) is 13.2 Å². The van der Waals surface area contributed by atoms with Crippen LogP contribution in [0.5, 0.6) is 5.75 Å². The van der Waals surface area contributed by atoms with Gasteiger partial charge in [0.1, 0.15) is 5.75 Å². The molecule has 0 bridgehead atoms. The zero-order valence-electron chi connectivity index (χ0n) is 19.6. The van der Waals surface area contributed by atoms with Crippen molar-refractivity contribution in [3.63, 3.8) is 0 Å². The summed E-state index contributed by atoms with van der Waals surface area (Å²) in [7, 11) is 1.64. The number of hydrogen-bond donors (Lipinski definition) is 0. The highest BCUT2D eigenvalue weighted by atomic mass is 19.2. The molecule has 0 aliphatic carbocycles. The van der Waals surface area contributed by atoms with Crippen LogP contribution in [0.4, 0.5) is 13.2 Å². The van der Waals surface area contributed by atoms with Gasteiger partial charge in [-0.25, -0.2) is 18.2 Å². The van der Waals surface area contributed by atoms with Crippen molar-refractivity contribution >= 4 is 10.9 Å². The van der Waals surface area contributed by atoms with Crippen molar-refractivity contribution in [1.29, 1.82) is 0 Å². The number of aryl methyl sites for hydroxylation is 1. The van der Waals surface area contributed by atoms with Gasteiger partial charge in [0.05, 0.1) is 30.9 Å². The van der Waals surface area contributed by atoms with Gasteiger partial charge in [0.25, 0.3) is 0 Å². The lowest BCUT2D eigenvalue weighted by atomic mass is 10.00. The Morgan fingerprint density at radius 2 is 1.77 bits per heavy atom. The summed E-state index contributed by atoms with van der Waals surface area (Å²) in [6.45, 7) is 3.86. The lowest BCUT2D eigenvalue weighted by Gasteiger charge is -2.20. The quantitative estimate of drug-likeness (QED) is 0.243. The number of fused-ring (bicyclic) bond motifs is 1.